The highest BCUT2D eigenvalue weighted by molar-refractivity contribution is 5.76. The van der Waals surface area contributed by atoms with E-state index < -0.39 is 0 Å². The molecule has 1 aromatic carbocycles. The Morgan fingerprint density at radius 1 is 1.32 bits per heavy atom. The Morgan fingerprint density at radius 3 is 2.91 bits per heavy atom. The third-order valence-corrected chi connectivity index (χ3v) is 4.02. The third kappa shape index (κ3) is 5.02. The molecule has 4 nitrogen and oxygen atoms in total. The van der Waals surface area contributed by atoms with Crippen LogP contribution in [0.5, 0.6) is 11.5 Å². The summed E-state index contributed by atoms with van der Waals surface area (Å²) in [6.07, 6.45) is 4.50. The predicted molar refractivity (Wildman–Crippen MR) is 87.9 cm³/mol. The SMILES string of the molecule is CCOc1cc(C=O)ccc1OCCCN1CCCC(C)C1. The van der Waals surface area contributed by atoms with Crippen LogP contribution >= 0.6 is 0 Å². The number of nitrogens with zero attached hydrogens (tertiary/aromatic N) is 1. The summed E-state index contributed by atoms with van der Waals surface area (Å²) in [5.74, 6) is 2.19. The van der Waals surface area contributed by atoms with Gasteiger partial charge < -0.3 is 14.4 Å². The minimum atomic E-state index is 0.560. The van der Waals surface area contributed by atoms with E-state index in [1.807, 2.05) is 13.0 Å². The van der Waals surface area contributed by atoms with Crippen molar-refractivity contribution in [2.24, 2.45) is 5.92 Å². The summed E-state index contributed by atoms with van der Waals surface area (Å²) in [7, 11) is 0. The quantitative estimate of drug-likeness (QED) is 0.545. The van der Waals surface area contributed by atoms with Crippen molar-refractivity contribution in [1.82, 2.24) is 4.90 Å². The second-order valence-electron chi connectivity index (χ2n) is 6.01. The van der Waals surface area contributed by atoms with Crippen LogP contribution in [-0.4, -0.2) is 44.0 Å². The van der Waals surface area contributed by atoms with Crippen LogP contribution in [0.2, 0.25) is 0 Å². The number of likely N-dealkylation sites (tertiary alicyclic amines) is 1. The number of rotatable bonds is 8. The smallest absolute Gasteiger partial charge is 0.161 e. The fraction of sp³-hybridized carbons (Fsp3) is 0.611. The van der Waals surface area contributed by atoms with E-state index in [0.717, 1.165) is 30.9 Å². The van der Waals surface area contributed by atoms with Crippen molar-refractivity contribution in [1.29, 1.82) is 0 Å². The number of aldehydes is 1. The average Bonchev–Trinajstić information content (AvgIpc) is 2.53. The molecular weight excluding hydrogens is 278 g/mol. The summed E-state index contributed by atoms with van der Waals surface area (Å²) in [6.45, 7) is 8.98. The van der Waals surface area contributed by atoms with Gasteiger partial charge in [0.1, 0.15) is 6.29 Å². The van der Waals surface area contributed by atoms with E-state index in [-0.39, 0.29) is 0 Å². The van der Waals surface area contributed by atoms with Crippen molar-refractivity contribution in [2.75, 3.05) is 32.8 Å². The van der Waals surface area contributed by atoms with Gasteiger partial charge in [0.15, 0.2) is 11.5 Å². The van der Waals surface area contributed by atoms with E-state index in [1.165, 1.54) is 25.9 Å². The zero-order valence-electron chi connectivity index (χ0n) is 13.7. The van der Waals surface area contributed by atoms with Crippen molar-refractivity contribution >= 4 is 6.29 Å². The molecule has 1 aromatic rings. The molecule has 0 spiro atoms. The third-order valence-electron chi connectivity index (χ3n) is 4.02. The molecule has 22 heavy (non-hydrogen) atoms. The molecule has 2 rings (SSSR count). The Bertz CT molecular complexity index is 475. The van der Waals surface area contributed by atoms with Crippen LogP contribution in [-0.2, 0) is 0 Å². The zero-order chi connectivity index (χ0) is 15.8. The lowest BCUT2D eigenvalue weighted by atomic mass is 10.0. The maximum atomic E-state index is 10.8. The van der Waals surface area contributed by atoms with Crippen LogP contribution in [0.15, 0.2) is 18.2 Å². The van der Waals surface area contributed by atoms with Crippen LogP contribution in [0.25, 0.3) is 0 Å². The summed E-state index contributed by atoms with van der Waals surface area (Å²) in [5.41, 5.74) is 0.609. The van der Waals surface area contributed by atoms with Crippen LogP contribution in [0.3, 0.4) is 0 Å². The van der Waals surface area contributed by atoms with E-state index in [2.05, 4.69) is 11.8 Å². The van der Waals surface area contributed by atoms with Gasteiger partial charge >= 0.3 is 0 Å². The predicted octanol–water partition coefficient (Wildman–Crippen LogP) is 3.40. The van der Waals surface area contributed by atoms with Gasteiger partial charge in [-0.2, -0.15) is 0 Å². The second kappa shape index (κ2) is 8.79. The summed E-state index contributed by atoms with van der Waals surface area (Å²) in [4.78, 5) is 13.4. The van der Waals surface area contributed by atoms with Gasteiger partial charge in [-0.15, -0.1) is 0 Å². The molecule has 0 radical (unpaired) electrons. The molecule has 0 bridgehead atoms. The molecule has 4 heteroatoms. The highest BCUT2D eigenvalue weighted by atomic mass is 16.5. The van der Waals surface area contributed by atoms with Gasteiger partial charge in [0, 0.05) is 18.7 Å². The summed E-state index contributed by atoms with van der Waals surface area (Å²) < 4.78 is 11.4. The fourth-order valence-corrected chi connectivity index (χ4v) is 2.95. The Hall–Kier alpha value is -1.55. The number of hydrogen-bond acceptors (Lipinski definition) is 4. The maximum absolute atomic E-state index is 10.8. The van der Waals surface area contributed by atoms with Crippen LogP contribution in [0, 0.1) is 5.92 Å². The number of carbonyl (C=O) groups is 1. The Balaban J connectivity index is 1.79. The standard InChI is InChI=1S/C18H27NO3/c1-3-21-18-12-16(14-20)7-8-17(18)22-11-5-10-19-9-4-6-15(2)13-19/h7-8,12,14-15H,3-6,9-11,13H2,1-2H3. The van der Waals surface area contributed by atoms with Crippen LogP contribution < -0.4 is 9.47 Å². The van der Waals surface area contributed by atoms with Crippen LogP contribution in [0.4, 0.5) is 0 Å². The number of piperidine rings is 1. The van der Waals surface area contributed by atoms with Gasteiger partial charge in [0.05, 0.1) is 13.2 Å². The molecule has 0 amide bonds. The lowest BCUT2D eigenvalue weighted by Gasteiger charge is -2.30. The number of carbonyl (C=O) groups excluding carboxylic acids is 1. The molecule has 1 aliphatic rings. The van der Waals surface area contributed by atoms with Crippen molar-refractivity contribution < 1.29 is 14.3 Å². The average molecular weight is 305 g/mol. The van der Waals surface area contributed by atoms with Crippen molar-refractivity contribution in [3.8, 4) is 11.5 Å². The number of ether oxygens (including phenoxy) is 2. The molecule has 1 heterocycles. The highest BCUT2D eigenvalue weighted by Crippen LogP contribution is 2.28. The van der Waals surface area contributed by atoms with Crippen molar-refractivity contribution in [3.63, 3.8) is 0 Å². The van der Waals surface area contributed by atoms with Crippen molar-refractivity contribution in [2.45, 2.75) is 33.1 Å². The summed E-state index contributed by atoms with van der Waals surface area (Å²) in [6, 6.07) is 5.31. The first-order valence-electron chi connectivity index (χ1n) is 8.30. The number of benzene rings is 1. The van der Waals surface area contributed by atoms with Gasteiger partial charge in [0.2, 0.25) is 0 Å². The first-order valence-corrected chi connectivity index (χ1v) is 8.30. The van der Waals surface area contributed by atoms with E-state index in [4.69, 9.17) is 9.47 Å². The molecule has 0 saturated carbocycles. The maximum Gasteiger partial charge on any atom is 0.161 e. The summed E-state index contributed by atoms with van der Waals surface area (Å²) >= 11 is 0. The highest BCUT2D eigenvalue weighted by Gasteiger charge is 2.15. The van der Waals surface area contributed by atoms with Gasteiger partial charge in [-0.1, -0.05) is 6.92 Å². The van der Waals surface area contributed by atoms with E-state index in [1.54, 1.807) is 12.1 Å². The molecular formula is C18H27NO3. The Labute approximate surface area is 133 Å². The zero-order valence-corrected chi connectivity index (χ0v) is 13.7. The van der Waals surface area contributed by atoms with Gasteiger partial charge in [-0.05, 0) is 56.8 Å². The minimum Gasteiger partial charge on any atom is -0.490 e. The van der Waals surface area contributed by atoms with Crippen molar-refractivity contribution in [3.05, 3.63) is 23.8 Å². The Kier molecular flexibility index (Phi) is 6.72. The molecule has 122 valence electrons. The van der Waals surface area contributed by atoms with Gasteiger partial charge in [0.25, 0.3) is 0 Å². The van der Waals surface area contributed by atoms with Gasteiger partial charge in [-0.25, -0.2) is 0 Å². The molecule has 1 aliphatic heterocycles. The first-order chi connectivity index (χ1) is 10.7. The lowest BCUT2D eigenvalue weighted by molar-refractivity contribution is 0.112. The minimum absolute atomic E-state index is 0.560. The topological polar surface area (TPSA) is 38.8 Å². The molecule has 0 aromatic heterocycles. The summed E-state index contributed by atoms with van der Waals surface area (Å²) in [5, 5.41) is 0. The molecule has 0 aliphatic carbocycles. The second-order valence-corrected chi connectivity index (χ2v) is 6.01. The molecule has 1 fully saturated rings. The largest absolute Gasteiger partial charge is 0.490 e. The molecule has 1 saturated heterocycles. The first kappa shape index (κ1) is 16.8. The van der Waals surface area contributed by atoms with Crippen LogP contribution in [0.1, 0.15) is 43.5 Å². The molecule has 1 atom stereocenters. The van der Waals surface area contributed by atoms with Gasteiger partial charge in [-0.3, -0.25) is 4.79 Å². The molecule has 1 unspecified atom stereocenters. The van der Waals surface area contributed by atoms with E-state index in [9.17, 15) is 4.79 Å². The Morgan fingerprint density at radius 2 is 2.18 bits per heavy atom. The monoisotopic (exact) mass is 305 g/mol. The number of hydrogen-bond donors (Lipinski definition) is 0. The van der Waals surface area contributed by atoms with E-state index >= 15 is 0 Å². The molecule has 0 N–H and O–H groups in total. The lowest BCUT2D eigenvalue weighted by Crippen LogP contribution is -2.35. The normalized spacial score (nSPS) is 18.9. The fourth-order valence-electron chi connectivity index (χ4n) is 2.95. The van der Waals surface area contributed by atoms with E-state index in [0.29, 0.717) is 24.5 Å².